The first-order chi connectivity index (χ1) is 8.72. The first kappa shape index (κ1) is 16.5. The highest BCUT2D eigenvalue weighted by atomic mass is 32.8. The summed E-state index contributed by atoms with van der Waals surface area (Å²) in [6, 6.07) is 0. The van der Waals surface area contributed by atoms with Crippen LogP contribution in [0.25, 0.3) is 0 Å². The van der Waals surface area contributed by atoms with Crippen LogP contribution in [0.3, 0.4) is 0 Å². The summed E-state index contributed by atoms with van der Waals surface area (Å²) >= 11 is 5.16. The molecule has 0 radical (unpaired) electrons. The number of nitrogens with one attached hydrogen (secondary N) is 2. The van der Waals surface area contributed by atoms with Crippen molar-refractivity contribution >= 4 is 20.6 Å². The van der Waals surface area contributed by atoms with E-state index in [-0.39, 0.29) is 9.45 Å². The third-order valence-corrected chi connectivity index (χ3v) is 3.90. The van der Waals surface area contributed by atoms with E-state index in [4.69, 9.17) is 15.9 Å². The topological polar surface area (TPSA) is 36.5 Å². The maximum Gasteiger partial charge on any atom is 0.0827 e. The maximum atomic E-state index is 5.76. The van der Waals surface area contributed by atoms with Gasteiger partial charge in [-0.05, 0) is 19.2 Å². The maximum absolute atomic E-state index is 5.76. The van der Waals surface area contributed by atoms with Crippen molar-refractivity contribution < 1.29 is 4.74 Å². The van der Waals surface area contributed by atoms with Crippen LogP contribution in [-0.2, 0) is 25.4 Å². The molecule has 2 atom stereocenters. The minimum absolute atomic E-state index is 0.0572. The smallest absolute Gasteiger partial charge is 0.0827 e. The predicted octanol–water partition coefficient (Wildman–Crippen LogP) is -0.0561. The summed E-state index contributed by atoms with van der Waals surface area (Å²) in [6.07, 6.45) is 3.61. The van der Waals surface area contributed by atoms with Crippen LogP contribution in [0.2, 0.25) is 0 Å². The van der Waals surface area contributed by atoms with Gasteiger partial charge in [0.2, 0.25) is 0 Å². The molecular formula is C12H27N3OS2. The van der Waals surface area contributed by atoms with E-state index in [0.29, 0.717) is 6.10 Å². The summed E-state index contributed by atoms with van der Waals surface area (Å²) in [7, 11) is 0.0572. The molecular weight excluding hydrogens is 266 g/mol. The quantitative estimate of drug-likeness (QED) is 0.583. The van der Waals surface area contributed by atoms with Crippen molar-refractivity contribution in [3.63, 3.8) is 0 Å². The van der Waals surface area contributed by atoms with E-state index in [2.05, 4.69) is 28.7 Å². The largest absolute Gasteiger partial charge is 0.374 e. The van der Waals surface area contributed by atoms with Gasteiger partial charge in [0.25, 0.3) is 0 Å². The lowest BCUT2D eigenvalue weighted by molar-refractivity contribution is -0.0258. The first-order valence-corrected chi connectivity index (χ1v) is 9.50. The summed E-state index contributed by atoms with van der Waals surface area (Å²) in [5.74, 6) is 0.924. The first-order valence-electron chi connectivity index (χ1n) is 6.77. The Kier molecular flexibility index (Phi) is 9.36. The molecule has 1 aliphatic rings. The molecule has 0 amide bonds. The molecule has 0 aliphatic carbocycles. The van der Waals surface area contributed by atoms with Gasteiger partial charge < -0.3 is 15.4 Å². The predicted molar refractivity (Wildman–Crippen MR) is 82.9 cm³/mol. The fourth-order valence-corrected chi connectivity index (χ4v) is 2.66. The van der Waals surface area contributed by atoms with Crippen LogP contribution in [0.1, 0.15) is 13.3 Å². The van der Waals surface area contributed by atoms with E-state index in [1.165, 1.54) is 6.42 Å². The van der Waals surface area contributed by atoms with E-state index in [1.54, 1.807) is 0 Å². The second-order valence-corrected chi connectivity index (χ2v) is 7.86. The summed E-state index contributed by atoms with van der Waals surface area (Å²) < 4.78 is 5.76. The van der Waals surface area contributed by atoms with Gasteiger partial charge in [-0.3, -0.25) is 4.90 Å². The van der Waals surface area contributed by atoms with Crippen LogP contribution in [0.5, 0.6) is 0 Å². The molecule has 1 heterocycles. The molecule has 0 aromatic carbocycles. The van der Waals surface area contributed by atoms with Gasteiger partial charge in [0.1, 0.15) is 0 Å². The highest BCUT2D eigenvalue weighted by Gasteiger charge is 2.19. The molecule has 108 valence electrons. The van der Waals surface area contributed by atoms with Crippen molar-refractivity contribution in [3.05, 3.63) is 0 Å². The summed E-state index contributed by atoms with van der Waals surface area (Å²) in [5.41, 5.74) is 0. The minimum Gasteiger partial charge on any atom is -0.374 e. The average molecular weight is 294 g/mol. The molecule has 4 nitrogen and oxygen atoms in total. The number of morpholine rings is 1. The molecule has 1 fully saturated rings. The van der Waals surface area contributed by atoms with Crippen molar-refractivity contribution in [1.29, 1.82) is 0 Å². The van der Waals surface area contributed by atoms with Gasteiger partial charge in [0, 0.05) is 38.6 Å². The second-order valence-electron chi connectivity index (χ2n) is 4.72. The van der Waals surface area contributed by atoms with Crippen LogP contribution in [0.4, 0.5) is 0 Å². The fraction of sp³-hybridized carbons (Fsp3) is 1.00. The molecule has 1 rings (SSSR count). The molecule has 0 aromatic rings. The Morgan fingerprint density at radius 1 is 1.39 bits per heavy atom. The Labute approximate surface area is 118 Å². The van der Waals surface area contributed by atoms with Gasteiger partial charge in [-0.15, -0.1) is 9.45 Å². The lowest BCUT2D eigenvalue weighted by atomic mass is 10.2. The minimum atomic E-state index is 0.0572. The third-order valence-electron chi connectivity index (χ3n) is 2.93. The Hall–Kier alpha value is 0.410. The van der Waals surface area contributed by atoms with Crippen LogP contribution >= 0.6 is 0 Å². The zero-order chi connectivity index (χ0) is 13.2. The van der Waals surface area contributed by atoms with Gasteiger partial charge >= 0.3 is 0 Å². The molecule has 2 N–H and O–H groups in total. The molecule has 0 spiro atoms. The number of hydrogen-bond acceptors (Lipinski definition) is 5. The van der Waals surface area contributed by atoms with Gasteiger partial charge in [0.05, 0.1) is 12.7 Å². The van der Waals surface area contributed by atoms with E-state index >= 15 is 0 Å². The van der Waals surface area contributed by atoms with Crippen molar-refractivity contribution in [2.45, 2.75) is 19.4 Å². The lowest BCUT2D eigenvalue weighted by Crippen LogP contribution is -2.48. The molecule has 6 heteroatoms. The van der Waals surface area contributed by atoms with Gasteiger partial charge in [-0.1, -0.05) is 18.1 Å². The highest BCUT2D eigenvalue weighted by molar-refractivity contribution is 8.28. The van der Waals surface area contributed by atoms with Crippen molar-refractivity contribution in [2.75, 3.05) is 58.0 Å². The summed E-state index contributed by atoms with van der Waals surface area (Å²) in [5, 5.41) is 6.84. The molecule has 18 heavy (non-hydrogen) atoms. The fourth-order valence-electron chi connectivity index (χ4n) is 2.01. The summed E-state index contributed by atoms with van der Waals surface area (Å²) in [6.45, 7) is 9.40. The van der Waals surface area contributed by atoms with Gasteiger partial charge in [-0.25, -0.2) is 0 Å². The number of rotatable bonds is 9. The lowest BCUT2D eigenvalue weighted by Gasteiger charge is -2.33. The van der Waals surface area contributed by atoms with Gasteiger partial charge in [0.15, 0.2) is 0 Å². The third kappa shape index (κ3) is 7.76. The Morgan fingerprint density at radius 2 is 2.22 bits per heavy atom. The highest BCUT2D eigenvalue weighted by Crippen LogP contribution is 2.03. The van der Waals surface area contributed by atoms with E-state index in [1.807, 2.05) is 0 Å². The van der Waals surface area contributed by atoms with E-state index in [9.17, 15) is 0 Å². The Morgan fingerprint density at radius 3 is 2.94 bits per heavy atom. The number of hydrogen-bond donors (Lipinski definition) is 2. The second kappa shape index (κ2) is 10.2. The van der Waals surface area contributed by atoms with E-state index < -0.39 is 0 Å². The standard InChI is InChI=1S/C12H27N3OS2/c1-3-4-13-5-6-15-7-8-16-12(10-15)9-14-11-18(2)17/h12-14H,3-11H2,1-2H3/t12-,18?/m1/s1. The number of nitrogens with zero attached hydrogens (tertiary/aromatic N) is 1. The zero-order valence-electron chi connectivity index (χ0n) is 11.6. The Bertz CT molecular complexity index is 241. The molecule has 0 aromatic heterocycles. The molecule has 0 saturated carbocycles. The zero-order valence-corrected chi connectivity index (χ0v) is 13.2. The van der Waals surface area contributed by atoms with Gasteiger partial charge in [-0.2, -0.15) is 0 Å². The van der Waals surface area contributed by atoms with Crippen LogP contribution in [-0.4, -0.2) is 69.0 Å². The van der Waals surface area contributed by atoms with Crippen LogP contribution < -0.4 is 10.6 Å². The van der Waals surface area contributed by atoms with Crippen molar-refractivity contribution in [2.24, 2.45) is 0 Å². The van der Waals surface area contributed by atoms with E-state index in [0.717, 1.165) is 51.8 Å². The molecule has 1 unspecified atom stereocenters. The summed E-state index contributed by atoms with van der Waals surface area (Å²) in [4.78, 5) is 2.48. The SMILES string of the molecule is CCCNCCN1CCO[C@H](CNCS(C)=S)C1. The van der Waals surface area contributed by atoms with Crippen molar-refractivity contribution in [1.82, 2.24) is 15.5 Å². The average Bonchev–Trinajstić information content (AvgIpc) is 2.35. The molecule has 0 bridgehead atoms. The van der Waals surface area contributed by atoms with Crippen LogP contribution in [0, 0.1) is 0 Å². The van der Waals surface area contributed by atoms with Crippen molar-refractivity contribution in [3.8, 4) is 0 Å². The van der Waals surface area contributed by atoms with Crippen LogP contribution in [0.15, 0.2) is 0 Å². The molecule has 1 aliphatic heterocycles. The normalized spacial score (nSPS) is 23.1. The monoisotopic (exact) mass is 293 g/mol. The molecule has 1 saturated heterocycles. The number of ether oxygens (including phenoxy) is 1. The Balaban J connectivity index is 2.09.